The normalized spacial score (nSPS) is 15.2. The van der Waals surface area contributed by atoms with Crippen molar-refractivity contribution in [3.05, 3.63) is 46.5 Å². The molecule has 1 aliphatic heterocycles. The first-order valence-electron chi connectivity index (χ1n) is 8.61. The van der Waals surface area contributed by atoms with Crippen LogP contribution in [0, 0.1) is 6.92 Å². The first-order valence-corrected chi connectivity index (χ1v) is 8.99. The molecule has 0 radical (unpaired) electrons. The van der Waals surface area contributed by atoms with Crippen molar-refractivity contribution in [3.63, 3.8) is 0 Å². The van der Waals surface area contributed by atoms with E-state index in [9.17, 15) is 4.79 Å². The average molecular weight is 376 g/mol. The molecule has 1 N–H and O–H groups in total. The number of hydrogen-bond acceptors (Lipinski definition) is 4. The van der Waals surface area contributed by atoms with Crippen LogP contribution in [-0.2, 0) is 11.2 Å². The van der Waals surface area contributed by atoms with E-state index in [0.29, 0.717) is 28.8 Å². The van der Waals surface area contributed by atoms with Crippen LogP contribution in [0.3, 0.4) is 0 Å². The highest BCUT2D eigenvalue weighted by Gasteiger charge is 2.22. The number of nitrogens with one attached hydrogen (secondary N) is 1. The summed E-state index contributed by atoms with van der Waals surface area (Å²) in [5, 5.41) is 3.30. The van der Waals surface area contributed by atoms with E-state index in [0.717, 1.165) is 23.3 Å². The van der Waals surface area contributed by atoms with Gasteiger partial charge in [0.25, 0.3) is 5.91 Å². The van der Waals surface area contributed by atoms with E-state index >= 15 is 0 Å². The Bertz CT molecular complexity index is 822. The quantitative estimate of drug-likeness (QED) is 0.813. The second-order valence-electron chi connectivity index (χ2n) is 6.29. The lowest BCUT2D eigenvalue weighted by molar-refractivity contribution is -0.118. The van der Waals surface area contributed by atoms with Crippen LogP contribution in [0.15, 0.2) is 30.3 Å². The van der Waals surface area contributed by atoms with Crippen LogP contribution in [0.4, 0.5) is 5.69 Å². The standard InChI is InChI=1S/C20H22ClNO4/c1-4-24-19-9-14-8-13(3)26-17(14)10-16(19)22-20(23)11-25-18-7-12(2)5-6-15(18)21/h5-7,9-10,13H,4,8,11H2,1-3H3,(H,22,23)/t13-/m0/s1. The molecule has 0 aliphatic carbocycles. The Morgan fingerprint density at radius 2 is 2.08 bits per heavy atom. The minimum atomic E-state index is -0.297. The molecule has 138 valence electrons. The molecule has 0 unspecified atom stereocenters. The van der Waals surface area contributed by atoms with Gasteiger partial charge >= 0.3 is 0 Å². The van der Waals surface area contributed by atoms with Gasteiger partial charge in [-0.05, 0) is 44.5 Å². The summed E-state index contributed by atoms with van der Waals surface area (Å²) in [5.41, 5.74) is 2.67. The van der Waals surface area contributed by atoms with E-state index in [1.54, 1.807) is 18.2 Å². The number of ether oxygens (including phenoxy) is 3. The first-order chi connectivity index (χ1) is 12.5. The zero-order valence-corrected chi connectivity index (χ0v) is 15.9. The number of carbonyl (C=O) groups is 1. The van der Waals surface area contributed by atoms with Gasteiger partial charge in [0.05, 0.1) is 17.3 Å². The summed E-state index contributed by atoms with van der Waals surface area (Å²) < 4.78 is 17.0. The van der Waals surface area contributed by atoms with E-state index < -0.39 is 0 Å². The molecule has 1 heterocycles. The molecule has 0 spiro atoms. The predicted octanol–water partition coefficient (Wildman–Crippen LogP) is 4.39. The van der Waals surface area contributed by atoms with Crippen molar-refractivity contribution in [3.8, 4) is 17.2 Å². The smallest absolute Gasteiger partial charge is 0.262 e. The zero-order valence-electron chi connectivity index (χ0n) is 15.1. The summed E-state index contributed by atoms with van der Waals surface area (Å²) in [6, 6.07) is 9.16. The number of hydrogen-bond donors (Lipinski definition) is 1. The Hall–Kier alpha value is -2.40. The zero-order chi connectivity index (χ0) is 18.7. The van der Waals surface area contributed by atoms with Crippen molar-refractivity contribution in [2.75, 3.05) is 18.5 Å². The van der Waals surface area contributed by atoms with Crippen LogP contribution < -0.4 is 19.5 Å². The van der Waals surface area contributed by atoms with Gasteiger partial charge in [0, 0.05) is 18.1 Å². The summed E-state index contributed by atoms with van der Waals surface area (Å²) in [6.07, 6.45) is 0.954. The van der Waals surface area contributed by atoms with Crippen LogP contribution in [0.25, 0.3) is 0 Å². The third-order valence-electron chi connectivity index (χ3n) is 4.02. The molecule has 0 saturated carbocycles. The number of aryl methyl sites for hydroxylation is 1. The van der Waals surface area contributed by atoms with Gasteiger partial charge in [-0.25, -0.2) is 0 Å². The van der Waals surface area contributed by atoms with Gasteiger partial charge < -0.3 is 19.5 Å². The fourth-order valence-corrected chi connectivity index (χ4v) is 3.03. The van der Waals surface area contributed by atoms with Crippen molar-refractivity contribution < 1.29 is 19.0 Å². The van der Waals surface area contributed by atoms with E-state index in [2.05, 4.69) is 5.32 Å². The van der Waals surface area contributed by atoms with E-state index in [1.807, 2.05) is 32.9 Å². The van der Waals surface area contributed by atoms with Crippen molar-refractivity contribution in [1.29, 1.82) is 0 Å². The molecule has 0 fully saturated rings. The summed E-state index contributed by atoms with van der Waals surface area (Å²) in [6.45, 7) is 6.21. The van der Waals surface area contributed by atoms with Gasteiger partial charge in [-0.3, -0.25) is 4.79 Å². The molecule has 2 aromatic carbocycles. The predicted molar refractivity (Wildman–Crippen MR) is 102 cm³/mol. The number of anilines is 1. The third kappa shape index (κ3) is 4.22. The van der Waals surface area contributed by atoms with Gasteiger partial charge in [0.15, 0.2) is 6.61 Å². The Kier molecular flexibility index (Phi) is 5.57. The largest absolute Gasteiger partial charge is 0.492 e. The maximum atomic E-state index is 12.3. The van der Waals surface area contributed by atoms with Crippen LogP contribution in [0.2, 0.25) is 5.02 Å². The van der Waals surface area contributed by atoms with Crippen LogP contribution >= 0.6 is 11.6 Å². The first kappa shape index (κ1) is 18.4. The van der Waals surface area contributed by atoms with Crippen LogP contribution in [-0.4, -0.2) is 25.2 Å². The molecular weight excluding hydrogens is 354 g/mol. The molecule has 2 aromatic rings. The second kappa shape index (κ2) is 7.87. The monoisotopic (exact) mass is 375 g/mol. The van der Waals surface area contributed by atoms with Gasteiger partial charge in [0.2, 0.25) is 0 Å². The Morgan fingerprint density at radius 3 is 2.85 bits per heavy atom. The van der Waals surface area contributed by atoms with Gasteiger partial charge in [-0.1, -0.05) is 17.7 Å². The Morgan fingerprint density at radius 1 is 1.27 bits per heavy atom. The number of fused-ring (bicyclic) bond motifs is 1. The number of benzene rings is 2. The fourth-order valence-electron chi connectivity index (χ4n) is 2.86. The highest BCUT2D eigenvalue weighted by atomic mass is 35.5. The molecule has 3 rings (SSSR count). The molecule has 0 bridgehead atoms. The van der Waals surface area contributed by atoms with E-state index in [1.165, 1.54) is 0 Å². The van der Waals surface area contributed by atoms with Crippen molar-refractivity contribution >= 4 is 23.2 Å². The SMILES string of the molecule is CCOc1cc2c(cc1NC(=O)COc1cc(C)ccc1Cl)O[C@@H](C)C2. The molecule has 26 heavy (non-hydrogen) atoms. The number of halogens is 1. The minimum absolute atomic E-state index is 0.122. The molecule has 1 atom stereocenters. The average Bonchev–Trinajstić information content (AvgIpc) is 2.95. The lowest BCUT2D eigenvalue weighted by Gasteiger charge is -2.14. The molecular formula is C20H22ClNO4. The van der Waals surface area contributed by atoms with E-state index in [-0.39, 0.29) is 18.6 Å². The number of carbonyl (C=O) groups excluding carboxylic acids is 1. The van der Waals surface area contributed by atoms with Crippen molar-refractivity contribution in [1.82, 2.24) is 0 Å². The molecule has 0 saturated heterocycles. The molecule has 5 nitrogen and oxygen atoms in total. The van der Waals surface area contributed by atoms with Crippen LogP contribution in [0.5, 0.6) is 17.2 Å². The molecule has 0 aromatic heterocycles. The Balaban J connectivity index is 1.70. The lowest BCUT2D eigenvalue weighted by Crippen LogP contribution is -2.20. The highest BCUT2D eigenvalue weighted by molar-refractivity contribution is 6.32. The summed E-state index contributed by atoms with van der Waals surface area (Å²) in [4.78, 5) is 12.3. The van der Waals surface area contributed by atoms with E-state index in [4.69, 9.17) is 25.8 Å². The topological polar surface area (TPSA) is 56.8 Å². The molecule has 1 aliphatic rings. The van der Waals surface area contributed by atoms with Gasteiger partial charge in [-0.2, -0.15) is 0 Å². The van der Waals surface area contributed by atoms with Crippen molar-refractivity contribution in [2.45, 2.75) is 33.3 Å². The van der Waals surface area contributed by atoms with Crippen molar-refractivity contribution in [2.24, 2.45) is 0 Å². The number of rotatable bonds is 6. The second-order valence-corrected chi connectivity index (χ2v) is 6.70. The summed E-state index contributed by atoms with van der Waals surface area (Å²) in [7, 11) is 0. The van der Waals surface area contributed by atoms with Gasteiger partial charge in [0.1, 0.15) is 23.4 Å². The molecule has 1 amide bonds. The van der Waals surface area contributed by atoms with Gasteiger partial charge in [-0.15, -0.1) is 0 Å². The molecule has 6 heteroatoms. The maximum Gasteiger partial charge on any atom is 0.262 e. The summed E-state index contributed by atoms with van der Waals surface area (Å²) >= 11 is 6.09. The summed E-state index contributed by atoms with van der Waals surface area (Å²) in [5.74, 6) is 1.59. The Labute approximate surface area is 158 Å². The minimum Gasteiger partial charge on any atom is -0.492 e. The fraction of sp³-hybridized carbons (Fsp3) is 0.350. The highest BCUT2D eigenvalue weighted by Crippen LogP contribution is 2.38. The lowest BCUT2D eigenvalue weighted by atomic mass is 10.1. The third-order valence-corrected chi connectivity index (χ3v) is 4.33. The van der Waals surface area contributed by atoms with Crippen LogP contribution in [0.1, 0.15) is 25.0 Å². The maximum absolute atomic E-state index is 12.3. The number of amides is 1.